The lowest BCUT2D eigenvalue weighted by atomic mass is 9.95. The molecule has 0 spiro atoms. The predicted octanol–water partition coefficient (Wildman–Crippen LogP) is 3.18. The van der Waals surface area contributed by atoms with Gasteiger partial charge in [-0.25, -0.2) is 14.8 Å². The van der Waals surface area contributed by atoms with Crippen LogP contribution in [0.2, 0.25) is 0 Å². The molecular formula is C27H28N8O3. The molecule has 2 aromatic heterocycles. The molecule has 0 unspecified atom stereocenters. The maximum Gasteiger partial charge on any atom is 0.326 e. The van der Waals surface area contributed by atoms with Crippen molar-refractivity contribution in [3.05, 3.63) is 70.5 Å². The highest BCUT2D eigenvalue weighted by Gasteiger charge is 2.40. The number of carboxylic acids is 1. The Kier molecular flexibility index (Phi) is 5.99. The number of benzene rings is 2. The van der Waals surface area contributed by atoms with Gasteiger partial charge in [0.05, 0.1) is 11.2 Å². The van der Waals surface area contributed by atoms with E-state index in [0.717, 1.165) is 33.6 Å². The SMILES string of the molecule is Cc1cc(C)cc(Nc2ncc3c(n2)CN([C@@H]2CCN(C(=O)c4ccc5[nH]nnc5c4)[C@H](C(=O)O)C2)C3)c1. The molecule has 2 atom stereocenters. The normalized spacial score (nSPS) is 19.5. The van der Waals surface area contributed by atoms with Crippen LogP contribution in [0.15, 0.2) is 42.6 Å². The summed E-state index contributed by atoms with van der Waals surface area (Å²) in [5.74, 6) is -0.760. The molecule has 0 aliphatic carbocycles. The third-order valence-corrected chi connectivity index (χ3v) is 7.37. The van der Waals surface area contributed by atoms with E-state index in [1.54, 1.807) is 18.2 Å². The van der Waals surface area contributed by atoms with Crippen molar-refractivity contribution in [2.24, 2.45) is 0 Å². The zero-order valence-corrected chi connectivity index (χ0v) is 21.2. The topological polar surface area (TPSA) is 140 Å². The molecule has 2 aliphatic rings. The molecular weight excluding hydrogens is 484 g/mol. The Labute approximate surface area is 218 Å². The molecule has 1 saturated heterocycles. The van der Waals surface area contributed by atoms with E-state index in [1.807, 2.05) is 6.20 Å². The first-order chi connectivity index (χ1) is 18.3. The van der Waals surface area contributed by atoms with Crippen molar-refractivity contribution in [2.75, 3.05) is 11.9 Å². The van der Waals surface area contributed by atoms with Gasteiger partial charge < -0.3 is 15.3 Å². The number of aliphatic carboxylic acids is 1. The second-order valence-electron chi connectivity index (χ2n) is 10.1. The zero-order chi connectivity index (χ0) is 26.4. The van der Waals surface area contributed by atoms with Gasteiger partial charge in [-0.1, -0.05) is 11.3 Å². The largest absolute Gasteiger partial charge is 0.480 e. The molecule has 2 aromatic carbocycles. The summed E-state index contributed by atoms with van der Waals surface area (Å²) < 4.78 is 0. The van der Waals surface area contributed by atoms with Crippen molar-refractivity contribution in [2.45, 2.75) is 51.9 Å². The van der Waals surface area contributed by atoms with Gasteiger partial charge >= 0.3 is 5.97 Å². The van der Waals surface area contributed by atoms with E-state index in [-0.39, 0.29) is 11.9 Å². The summed E-state index contributed by atoms with van der Waals surface area (Å²) in [6.07, 6.45) is 2.87. The van der Waals surface area contributed by atoms with Crippen LogP contribution >= 0.6 is 0 Å². The number of nitrogens with zero attached hydrogens (tertiary/aromatic N) is 6. The summed E-state index contributed by atoms with van der Waals surface area (Å²) >= 11 is 0. The molecule has 2 aliphatic heterocycles. The van der Waals surface area contributed by atoms with Crippen molar-refractivity contribution in [3.63, 3.8) is 0 Å². The van der Waals surface area contributed by atoms with Crippen LogP contribution in [-0.4, -0.2) is 70.8 Å². The summed E-state index contributed by atoms with van der Waals surface area (Å²) in [5, 5.41) is 23.8. The average Bonchev–Trinajstić information content (AvgIpc) is 3.53. The van der Waals surface area contributed by atoms with E-state index in [9.17, 15) is 14.7 Å². The Hall–Kier alpha value is -4.38. The van der Waals surface area contributed by atoms with Crippen molar-refractivity contribution in [1.29, 1.82) is 0 Å². The smallest absolute Gasteiger partial charge is 0.326 e. The van der Waals surface area contributed by atoms with Crippen molar-refractivity contribution >= 4 is 34.5 Å². The predicted molar refractivity (Wildman–Crippen MR) is 140 cm³/mol. The molecule has 38 heavy (non-hydrogen) atoms. The number of aryl methyl sites for hydroxylation is 2. The minimum Gasteiger partial charge on any atom is -0.480 e. The van der Waals surface area contributed by atoms with Gasteiger partial charge in [-0.2, -0.15) is 0 Å². The number of H-pyrrole nitrogens is 1. The molecule has 194 valence electrons. The number of aromatic nitrogens is 5. The molecule has 11 heteroatoms. The van der Waals surface area contributed by atoms with E-state index in [2.05, 4.69) is 62.7 Å². The molecule has 4 heterocycles. The van der Waals surface area contributed by atoms with Crippen LogP contribution < -0.4 is 5.32 Å². The highest BCUT2D eigenvalue weighted by Crippen LogP contribution is 2.31. The Morgan fingerprint density at radius 1 is 1.11 bits per heavy atom. The minimum atomic E-state index is -0.998. The lowest BCUT2D eigenvalue weighted by molar-refractivity contribution is -0.144. The lowest BCUT2D eigenvalue weighted by Crippen LogP contribution is -2.54. The number of fused-ring (bicyclic) bond motifs is 2. The summed E-state index contributed by atoms with van der Waals surface area (Å²) in [6, 6.07) is 10.4. The Morgan fingerprint density at radius 3 is 2.71 bits per heavy atom. The van der Waals surface area contributed by atoms with Crippen LogP contribution in [0.3, 0.4) is 0 Å². The standard InChI is InChI=1S/C27H28N8O3/c1-15-7-16(2)9-19(8-15)29-27-28-12-18-13-34(14-23(18)30-27)20-5-6-35(24(11-20)26(37)38)25(36)17-3-4-21-22(10-17)32-33-31-21/h3-4,7-10,12,20,24H,5-6,11,13-14H2,1-2H3,(H,37,38)(H,28,29,30)(H,31,32,33)/t20-,24+/m1/s1. The summed E-state index contributed by atoms with van der Waals surface area (Å²) in [7, 11) is 0. The zero-order valence-electron chi connectivity index (χ0n) is 21.2. The fraction of sp³-hybridized carbons (Fsp3) is 0.333. The Balaban J connectivity index is 1.15. The molecule has 0 saturated carbocycles. The second-order valence-corrected chi connectivity index (χ2v) is 10.1. The fourth-order valence-corrected chi connectivity index (χ4v) is 5.57. The van der Waals surface area contributed by atoms with Crippen LogP contribution in [0.4, 0.5) is 11.6 Å². The first-order valence-corrected chi connectivity index (χ1v) is 12.6. The molecule has 0 radical (unpaired) electrons. The highest BCUT2D eigenvalue weighted by atomic mass is 16.4. The molecule has 3 N–H and O–H groups in total. The highest BCUT2D eigenvalue weighted by molar-refractivity contribution is 5.99. The number of aromatic amines is 1. The number of carbonyl (C=O) groups is 2. The lowest BCUT2D eigenvalue weighted by Gasteiger charge is -2.40. The van der Waals surface area contributed by atoms with Crippen LogP contribution in [0.1, 0.15) is 45.6 Å². The van der Waals surface area contributed by atoms with Crippen molar-refractivity contribution in [3.8, 4) is 0 Å². The van der Waals surface area contributed by atoms with Gasteiger partial charge in [-0.05, 0) is 68.1 Å². The van der Waals surface area contributed by atoms with Gasteiger partial charge in [0.15, 0.2) is 0 Å². The number of carboxylic acid groups (broad SMARTS) is 1. The van der Waals surface area contributed by atoms with Crippen LogP contribution in [-0.2, 0) is 17.9 Å². The van der Waals surface area contributed by atoms with E-state index in [4.69, 9.17) is 4.98 Å². The van der Waals surface area contributed by atoms with Gasteiger partial charge in [0.1, 0.15) is 11.6 Å². The van der Waals surface area contributed by atoms with Crippen molar-refractivity contribution < 1.29 is 14.7 Å². The molecule has 4 aromatic rings. The number of rotatable bonds is 5. The van der Waals surface area contributed by atoms with E-state index < -0.39 is 12.0 Å². The van der Waals surface area contributed by atoms with E-state index in [1.165, 1.54) is 4.90 Å². The van der Waals surface area contributed by atoms with E-state index >= 15 is 0 Å². The Bertz CT molecular complexity index is 1530. The maximum absolute atomic E-state index is 13.3. The van der Waals surface area contributed by atoms with Gasteiger partial charge in [-0.3, -0.25) is 14.8 Å². The van der Waals surface area contributed by atoms with Gasteiger partial charge in [0.25, 0.3) is 5.91 Å². The number of nitrogens with one attached hydrogen (secondary N) is 2. The van der Waals surface area contributed by atoms with Crippen LogP contribution in [0.25, 0.3) is 11.0 Å². The first-order valence-electron chi connectivity index (χ1n) is 12.6. The van der Waals surface area contributed by atoms with Gasteiger partial charge in [0.2, 0.25) is 5.95 Å². The molecule has 6 rings (SSSR count). The summed E-state index contributed by atoms with van der Waals surface area (Å²) in [5.41, 5.74) is 6.96. The first kappa shape index (κ1) is 24.0. The average molecular weight is 513 g/mol. The maximum atomic E-state index is 13.3. The number of hydrogen-bond donors (Lipinski definition) is 3. The number of piperidine rings is 1. The number of carbonyl (C=O) groups excluding carboxylic acids is 1. The van der Waals surface area contributed by atoms with E-state index in [0.29, 0.717) is 49.5 Å². The number of anilines is 2. The van der Waals surface area contributed by atoms with Crippen molar-refractivity contribution in [1.82, 2.24) is 35.2 Å². The molecule has 0 bridgehead atoms. The Morgan fingerprint density at radius 2 is 1.92 bits per heavy atom. The second kappa shape index (κ2) is 9.49. The summed E-state index contributed by atoms with van der Waals surface area (Å²) in [6.45, 7) is 5.74. The summed E-state index contributed by atoms with van der Waals surface area (Å²) in [4.78, 5) is 38.5. The molecule has 1 amide bonds. The van der Waals surface area contributed by atoms with Crippen LogP contribution in [0.5, 0.6) is 0 Å². The molecule has 1 fully saturated rings. The quantitative estimate of drug-likeness (QED) is 0.368. The molecule has 11 nitrogen and oxygen atoms in total. The number of amides is 1. The third kappa shape index (κ3) is 4.56. The third-order valence-electron chi connectivity index (χ3n) is 7.37. The number of likely N-dealkylation sites (tertiary alicyclic amines) is 1. The van der Waals surface area contributed by atoms with Crippen LogP contribution in [0, 0.1) is 13.8 Å². The monoisotopic (exact) mass is 512 g/mol. The minimum absolute atomic E-state index is 0.0169. The fourth-order valence-electron chi connectivity index (χ4n) is 5.57. The van der Waals surface area contributed by atoms with Gasteiger partial charge in [-0.15, -0.1) is 5.10 Å². The number of hydrogen-bond acceptors (Lipinski definition) is 8. The van der Waals surface area contributed by atoms with Gasteiger partial charge in [0, 0.05) is 48.7 Å².